The topological polar surface area (TPSA) is 84.0 Å². The first-order valence-electron chi connectivity index (χ1n) is 7.66. The molecule has 3 N–H and O–H groups in total. The van der Waals surface area contributed by atoms with E-state index in [0.29, 0.717) is 5.56 Å². The highest BCUT2D eigenvalue weighted by Crippen LogP contribution is 2.47. The first kappa shape index (κ1) is 17.9. The normalized spacial score (nSPS) is 22.2. The van der Waals surface area contributed by atoms with Crippen molar-refractivity contribution in [1.29, 1.82) is 5.26 Å². The third-order valence-electron chi connectivity index (χ3n) is 4.39. The fourth-order valence-electron chi connectivity index (χ4n) is 3.07. The molecule has 1 aromatic carbocycles. The Hall–Kier alpha value is -2.86. The zero-order chi connectivity index (χ0) is 18.9. The fourth-order valence-corrected chi connectivity index (χ4v) is 3.07. The van der Waals surface area contributed by atoms with E-state index in [2.05, 4.69) is 11.1 Å². The van der Waals surface area contributed by atoms with Gasteiger partial charge >= 0.3 is 6.18 Å². The van der Waals surface area contributed by atoms with Crippen LogP contribution in [-0.2, 0) is 11.6 Å². The Kier molecular flexibility index (Phi) is 4.46. The van der Waals surface area contributed by atoms with Crippen molar-refractivity contribution in [3.63, 3.8) is 0 Å². The summed E-state index contributed by atoms with van der Waals surface area (Å²) in [4.78, 5) is 3.55. The molecule has 3 rings (SSSR count). The predicted octanol–water partition coefficient (Wildman–Crippen LogP) is 3.53. The summed E-state index contributed by atoms with van der Waals surface area (Å²) in [6, 6.07) is 8.75. The third kappa shape index (κ3) is 3.15. The van der Waals surface area contributed by atoms with E-state index in [1.807, 2.05) is 5.43 Å². The lowest BCUT2D eigenvalue weighted by atomic mass is 9.63. The van der Waals surface area contributed by atoms with Crippen LogP contribution in [-0.4, -0.2) is 11.1 Å². The van der Waals surface area contributed by atoms with Gasteiger partial charge in [-0.3, -0.25) is 0 Å². The number of aromatic nitrogens is 1. The van der Waals surface area contributed by atoms with E-state index in [-0.39, 0.29) is 12.8 Å². The van der Waals surface area contributed by atoms with Gasteiger partial charge in [0, 0.05) is 19.0 Å². The summed E-state index contributed by atoms with van der Waals surface area (Å²) in [5, 5.41) is 9.49. The molecule has 1 heterocycles. The van der Waals surface area contributed by atoms with Crippen molar-refractivity contribution >= 4 is 5.82 Å². The number of alkyl halides is 3. The van der Waals surface area contributed by atoms with Crippen LogP contribution in [0.25, 0.3) is 0 Å². The molecule has 0 saturated heterocycles. The molecule has 0 radical (unpaired) electrons. The highest BCUT2D eigenvalue weighted by Gasteiger charge is 2.48. The number of benzene rings is 1. The van der Waals surface area contributed by atoms with Crippen LogP contribution in [0, 0.1) is 17.1 Å². The number of nitriles is 1. The highest BCUT2D eigenvalue weighted by atomic mass is 19.4. The van der Waals surface area contributed by atoms with Gasteiger partial charge in [-0.25, -0.2) is 15.2 Å². The van der Waals surface area contributed by atoms with E-state index in [1.165, 1.54) is 24.3 Å². The summed E-state index contributed by atoms with van der Waals surface area (Å²) in [6.07, 6.45) is -3.76. The summed E-state index contributed by atoms with van der Waals surface area (Å²) < 4.78 is 58.4. The zero-order valence-electron chi connectivity index (χ0n) is 13.3. The standard InChI is InChI=1S/C17H14F4N4O/c18-11-3-1-10(2-4-11)16(9-22)7-12(8-16)26-13-5-6-24-15(25-23)14(13)17(19,20)21/h1-6,12H,7-8,23H2,(H,24,25)/t12-,16+. The second kappa shape index (κ2) is 6.46. The minimum absolute atomic E-state index is 0.195. The SMILES string of the molecule is N#C[C@]1(c2ccc(F)cc2)C[C@@H](Oc2ccnc(NN)c2C(F)(F)F)C1. The minimum atomic E-state index is -4.71. The Bertz CT molecular complexity index is 839. The average molecular weight is 366 g/mol. The lowest BCUT2D eigenvalue weighted by Crippen LogP contribution is -2.46. The molecule has 0 amide bonds. The van der Waals surface area contributed by atoms with Crippen LogP contribution in [0.4, 0.5) is 23.4 Å². The van der Waals surface area contributed by atoms with Gasteiger partial charge < -0.3 is 10.2 Å². The quantitative estimate of drug-likeness (QED) is 0.491. The first-order chi connectivity index (χ1) is 12.3. The lowest BCUT2D eigenvalue weighted by molar-refractivity contribution is -0.139. The lowest BCUT2D eigenvalue weighted by Gasteiger charge is -2.42. The van der Waals surface area contributed by atoms with E-state index in [9.17, 15) is 22.8 Å². The summed E-state index contributed by atoms with van der Waals surface area (Å²) in [5.41, 5.74) is 0.517. The van der Waals surface area contributed by atoms with E-state index in [1.54, 1.807) is 0 Å². The molecular weight excluding hydrogens is 352 g/mol. The Balaban J connectivity index is 1.81. The monoisotopic (exact) mass is 366 g/mol. The van der Waals surface area contributed by atoms with Crippen LogP contribution >= 0.6 is 0 Å². The average Bonchev–Trinajstić information content (AvgIpc) is 2.57. The van der Waals surface area contributed by atoms with Gasteiger partial charge in [0.05, 0.1) is 11.5 Å². The molecule has 136 valence electrons. The maximum absolute atomic E-state index is 13.3. The molecule has 1 aromatic heterocycles. The van der Waals surface area contributed by atoms with Gasteiger partial charge in [0.1, 0.15) is 23.2 Å². The molecule has 1 aliphatic rings. The van der Waals surface area contributed by atoms with E-state index < -0.39 is 40.6 Å². The second-order valence-corrected chi connectivity index (χ2v) is 6.02. The predicted molar refractivity (Wildman–Crippen MR) is 84.4 cm³/mol. The van der Waals surface area contributed by atoms with Gasteiger partial charge in [-0.1, -0.05) is 12.1 Å². The molecule has 0 aliphatic heterocycles. The van der Waals surface area contributed by atoms with Crippen molar-refractivity contribution in [2.24, 2.45) is 5.84 Å². The molecule has 1 aliphatic carbocycles. The molecule has 26 heavy (non-hydrogen) atoms. The largest absolute Gasteiger partial charge is 0.489 e. The first-order valence-corrected chi connectivity index (χ1v) is 7.66. The summed E-state index contributed by atoms with van der Waals surface area (Å²) in [7, 11) is 0. The second-order valence-electron chi connectivity index (χ2n) is 6.02. The molecule has 2 aromatic rings. The van der Waals surface area contributed by atoms with Gasteiger partial charge in [-0.15, -0.1) is 0 Å². The van der Waals surface area contributed by atoms with E-state index >= 15 is 0 Å². The molecule has 0 bridgehead atoms. The van der Waals surface area contributed by atoms with Crippen molar-refractivity contribution in [2.75, 3.05) is 5.43 Å². The van der Waals surface area contributed by atoms with Crippen LogP contribution in [0.5, 0.6) is 5.75 Å². The van der Waals surface area contributed by atoms with Crippen LogP contribution in [0.15, 0.2) is 36.5 Å². The number of nitrogens with zero attached hydrogens (tertiary/aromatic N) is 2. The number of hydrazine groups is 1. The van der Waals surface area contributed by atoms with Gasteiger partial charge in [0.15, 0.2) is 5.82 Å². The molecule has 5 nitrogen and oxygen atoms in total. The minimum Gasteiger partial charge on any atom is -0.489 e. The Labute approximate surface area is 146 Å². The van der Waals surface area contributed by atoms with Gasteiger partial charge in [0.25, 0.3) is 0 Å². The van der Waals surface area contributed by atoms with Crippen LogP contribution in [0.1, 0.15) is 24.0 Å². The van der Waals surface area contributed by atoms with Crippen LogP contribution in [0.3, 0.4) is 0 Å². The van der Waals surface area contributed by atoms with Crippen LogP contribution in [0.2, 0.25) is 0 Å². The number of nitrogen functional groups attached to an aromatic ring is 1. The van der Waals surface area contributed by atoms with Gasteiger partial charge in [0.2, 0.25) is 0 Å². The maximum atomic E-state index is 13.3. The summed E-state index contributed by atoms with van der Waals surface area (Å²) in [6.45, 7) is 0. The molecule has 9 heteroatoms. The molecule has 0 unspecified atom stereocenters. The fraction of sp³-hybridized carbons (Fsp3) is 0.294. The van der Waals surface area contributed by atoms with E-state index in [4.69, 9.17) is 10.6 Å². The number of hydrogen-bond donors (Lipinski definition) is 2. The van der Waals surface area contributed by atoms with E-state index in [0.717, 1.165) is 12.3 Å². The van der Waals surface area contributed by atoms with Crippen molar-refractivity contribution in [3.05, 3.63) is 53.5 Å². The van der Waals surface area contributed by atoms with Crippen molar-refractivity contribution in [3.8, 4) is 11.8 Å². The maximum Gasteiger partial charge on any atom is 0.423 e. The van der Waals surface area contributed by atoms with Crippen molar-refractivity contribution in [1.82, 2.24) is 4.98 Å². The summed E-state index contributed by atoms with van der Waals surface area (Å²) in [5.74, 6) is 3.73. The molecular formula is C17H14F4N4O. The highest BCUT2D eigenvalue weighted by molar-refractivity contribution is 5.53. The molecule has 1 fully saturated rings. The zero-order valence-corrected chi connectivity index (χ0v) is 13.3. The number of ether oxygens (including phenoxy) is 1. The Morgan fingerprint density at radius 2 is 1.88 bits per heavy atom. The number of nitrogens with one attached hydrogen (secondary N) is 1. The third-order valence-corrected chi connectivity index (χ3v) is 4.39. The molecule has 1 saturated carbocycles. The van der Waals surface area contributed by atoms with Crippen molar-refractivity contribution in [2.45, 2.75) is 30.5 Å². The number of hydrogen-bond acceptors (Lipinski definition) is 5. The van der Waals surface area contributed by atoms with Gasteiger partial charge in [-0.2, -0.15) is 18.4 Å². The van der Waals surface area contributed by atoms with Crippen LogP contribution < -0.4 is 16.0 Å². The molecule has 0 atom stereocenters. The van der Waals surface area contributed by atoms with Crippen molar-refractivity contribution < 1.29 is 22.3 Å². The smallest absolute Gasteiger partial charge is 0.423 e. The molecule has 0 spiro atoms. The number of pyridine rings is 1. The Morgan fingerprint density at radius 3 is 2.42 bits per heavy atom. The number of nitrogens with two attached hydrogens (primary N) is 1. The Morgan fingerprint density at radius 1 is 1.23 bits per heavy atom. The number of anilines is 1. The number of rotatable bonds is 4. The summed E-state index contributed by atoms with van der Waals surface area (Å²) >= 11 is 0. The van der Waals surface area contributed by atoms with Gasteiger partial charge in [-0.05, 0) is 23.8 Å². The number of halogens is 4.